The number of nitrogens with zero attached hydrogens (tertiary/aromatic N) is 3. The minimum Gasteiger partial charge on any atom is -0.489 e. The van der Waals surface area contributed by atoms with Gasteiger partial charge in [-0.2, -0.15) is 0 Å². The second kappa shape index (κ2) is 6.18. The first-order valence-corrected chi connectivity index (χ1v) is 8.72. The van der Waals surface area contributed by atoms with Crippen LogP contribution >= 0.6 is 0 Å². The van der Waals surface area contributed by atoms with Crippen LogP contribution in [0.1, 0.15) is 23.2 Å². The number of benzene rings is 1. The highest BCUT2D eigenvalue weighted by Crippen LogP contribution is 2.38. The third-order valence-corrected chi connectivity index (χ3v) is 5.57. The third kappa shape index (κ3) is 2.90. The lowest BCUT2D eigenvalue weighted by Crippen LogP contribution is -2.57. The molecule has 3 saturated heterocycles. The Balaban J connectivity index is 1.64. The van der Waals surface area contributed by atoms with E-state index in [1.807, 2.05) is 11.9 Å². The average Bonchev–Trinajstić information content (AvgIpc) is 2.62. The van der Waals surface area contributed by atoms with Crippen molar-refractivity contribution >= 4 is 17.3 Å². The van der Waals surface area contributed by atoms with E-state index in [0.717, 1.165) is 32.5 Å². The zero-order valence-electron chi connectivity index (χ0n) is 14.2. The number of carbonyl (C=O) groups is 1. The second-order valence-electron chi connectivity index (χ2n) is 7.09. The van der Waals surface area contributed by atoms with Crippen LogP contribution in [-0.2, 0) is 0 Å². The lowest BCUT2D eigenvalue weighted by atomic mass is 9.84. The smallest absolute Gasteiger partial charge is 0.272 e. The van der Waals surface area contributed by atoms with Gasteiger partial charge in [0.15, 0.2) is 5.75 Å². The molecule has 3 fully saturated rings. The van der Waals surface area contributed by atoms with E-state index in [1.54, 1.807) is 0 Å². The topological polar surface area (TPSA) is 88.0 Å². The molecule has 1 aromatic rings. The molecule has 4 aliphatic rings. The first kappa shape index (κ1) is 16.1. The molecule has 1 N–H and O–H groups in total. The van der Waals surface area contributed by atoms with Crippen molar-refractivity contribution < 1.29 is 14.5 Å². The van der Waals surface area contributed by atoms with Gasteiger partial charge in [-0.3, -0.25) is 14.9 Å². The molecule has 8 nitrogen and oxygen atoms in total. The summed E-state index contributed by atoms with van der Waals surface area (Å²) in [5, 5.41) is 14.4. The Morgan fingerprint density at radius 3 is 2.72 bits per heavy atom. The van der Waals surface area contributed by atoms with E-state index in [0.29, 0.717) is 30.5 Å². The number of nitro benzene ring substituents is 1. The van der Waals surface area contributed by atoms with Crippen LogP contribution in [0.25, 0.3) is 0 Å². The maximum atomic E-state index is 12.9. The molecule has 25 heavy (non-hydrogen) atoms. The Kier molecular flexibility index (Phi) is 3.99. The predicted molar refractivity (Wildman–Crippen MR) is 92.3 cm³/mol. The van der Waals surface area contributed by atoms with Crippen molar-refractivity contribution in [3.05, 3.63) is 27.8 Å². The molecule has 4 heterocycles. The Morgan fingerprint density at radius 2 is 2.08 bits per heavy atom. The molecule has 0 spiro atoms. The zero-order valence-corrected chi connectivity index (χ0v) is 14.2. The highest BCUT2D eigenvalue weighted by atomic mass is 16.6. The third-order valence-electron chi connectivity index (χ3n) is 5.57. The van der Waals surface area contributed by atoms with Crippen molar-refractivity contribution in [1.82, 2.24) is 10.2 Å². The summed E-state index contributed by atoms with van der Waals surface area (Å²) in [6.45, 7) is 4.14. The van der Waals surface area contributed by atoms with Gasteiger partial charge in [0.25, 0.3) is 11.6 Å². The fourth-order valence-corrected chi connectivity index (χ4v) is 4.09. The Morgan fingerprint density at radius 1 is 1.32 bits per heavy atom. The van der Waals surface area contributed by atoms with Gasteiger partial charge in [-0.05, 0) is 31.8 Å². The summed E-state index contributed by atoms with van der Waals surface area (Å²) in [4.78, 5) is 27.9. The van der Waals surface area contributed by atoms with Gasteiger partial charge in [0.05, 0.1) is 22.7 Å². The van der Waals surface area contributed by atoms with Crippen LogP contribution in [0, 0.1) is 16.0 Å². The van der Waals surface area contributed by atoms with Gasteiger partial charge in [-0.15, -0.1) is 0 Å². The van der Waals surface area contributed by atoms with Crippen LogP contribution in [0.2, 0.25) is 0 Å². The van der Waals surface area contributed by atoms with Gasteiger partial charge < -0.3 is 19.9 Å². The summed E-state index contributed by atoms with van der Waals surface area (Å²) in [6.07, 6.45) is 2.19. The van der Waals surface area contributed by atoms with Crippen LogP contribution in [0.4, 0.5) is 11.4 Å². The Hall–Kier alpha value is -2.35. The largest absolute Gasteiger partial charge is 0.489 e. The van der Waals surface area contributed by atoms with Gasteiger partial charge >= 0.3 is 0 Å². The van der Waals surface area contributed by atoms with E-state index in [9.17, 15) is 14.9 Å². The number of fused-ring (bicyclic) bond motifs is 4. The Bertz CT molecular complexity index is 715. The van der Waals surface area contributed by atoms with E-state index >= 15 is 0 Å². The van der Waals surface area contributed by atoms with Gasteiger partial charge in [-0.1, -0.05) is 0 Å². The van der Waals surface area contributed by atoms with Crippen LogP contribution in [0.15, 0.2) is 12.1 Å². The molecule has 0 aliphatic carbocycles. The minimum absolute atomic E-state index is 0.0878. The lowest BCUT2D eigenvalue weighted by molar-refractivity contribution is -0.384. The number of likely N-dealkylation sites (N-methyl/N-ethyl adjacent to an activating group) is 1. The van der Waals surface area contributed by atoms with Crippen molar-refractivity contribution in [3.63, 3.8) is 0 Å². The van der Waals surface area contributed by atoms with Crippen molar-refractivity contribution in [3.8, 4) is 5.75 Å². The molecule has 1 unspecified atom stereocenters. The molecule has 1 atom stereocenters. The highest BCUT2D eigenvalue weighted by Gasteiger charge is 2.36. The molecule has 1 amide bonds. The molecular weight excluding hydrogens is 324 g/mol. The van der Waals surface area contributed by atoms with Crippen molar-refractivity contribution in [2.24, 2.45) is 5.92 Å². The monoisotopic (exact) mass is 346 g/mol. The van der Waals surface area contributed by atoms with Crippen molar-refractivity contribution in [1.29, 1.82) is 0 Å². The summed E-state index contributed by atoms with van der Waals surface area (Å²) >= 11 is 0. The van der Waals surface area contributed by atoms with E-state index in [4.69, 9.17) is 4.74 Å². The molecular formula is C17H22N4O4. The molecule has 8 heteroatoms. The summed E-state index contributed by atoms with van der Waals surface area (Å²) in [5.41, 5.74) is 0.766. The van der Waals surface area contributed by atoms with E-state index in [2.05, 4.69) is 10.2 Å². The summed E-state index contributed by atoms with van der Waals surface area (Å²) in [5.74, 6) is 0.652. The Labute approximate surface area is 145 Å². The highest BCUT2D eigenvalue weighted by molar-refractivity contribution is 6.00. The number of amides is 1. The number of non-ortho nitro benzene ring substituents is 1. The van der Waals surface area contributed by atoms with Crippen LogP contribution in [0.5, 0.6) is 5.75 Å². The maximum absolute atomic E-state index is 12.9. The van der Waals surface area contributed by atoms with Gasteiger partial charge in [0, 0.05) is 31.8 Å². The number of anilines is 1. The quantitative estimate of drug-likeness (QED) is 0.655. The first-order valence-electron chi connectivity index (χ1n) is 8.72. The standard InChI is InChI=1S/C17H22N4O4/c1-19-6-7-25-16-13(8-12(21(23)24)9-15(16)19)17(22)18-14-10-20-4-2-11(14)3-5-20/h8-9,11,14H,2-7,10H2,1H3,(H,18,22). The van der Waals surface area contributed by atoms with E-state index < -0.39 is 4.92 Å². The molecule has 1 aromatic carbocycles. The number of hydrogen-bond acceptors (Lipinski definition) is 6. The van der Waals surface area contributed by atoms with Crippen molar-refractivity contribution in [2.75, 3.05) is 44.7 Å². The fourth-order valence-electron chi connectivity index (χ4n) is 4.09. The number of ether oxygens (including phenoxy) is 1. The molecule has 134 valence electrons. The van der Waals surface area contributed by atoms with Crippen molar-refractivity contribution in [2.45, 2.75) is 18.9 Å². The van der Waals surface area contributed by atoms with Crippen LogP contribution < -0.4 is 15.0 Å². The molecule has 0 radical (unpaired) electrons. The normalized spacial score (nSPS) is 27.4. The number of nitro groups is 1. The number of hydrogen-bond donors (Lipinski definition) is 1. The summed E-state index contributed by atoms with van der Waals surface area (Å²) in [7, 11) is 1.85. The zero-order chi connectivity index (χ0) is 17.6. The van der Waals surface area contributed by atoms with Gasteiger partial charge in [-0.25, -0.2) is 0 Å². The van der Waals surface area contributed by atoms with Gasteiger partial charge in [0.1, 0.15) is 6.61 Å². The van der Waals surface area contributed by atoms with Gasteiger partial charge in [0.2, 0.25) is 0 Å². The number of rotatable bonds is 3. The first-order chi connectivity index (χ1) is 12.0. The predicted octanol–water partition coefficient (Wildman–Crippen LogP) is 1.25. The second-order valence-corrected chi connectivity index (χ2v) is 7.09. The number of nitrogens with one attached hydrogen (secondary N) is 1. The number of carbonyl (C=O) groups excluding carboxylic acids is 1. The maximum Gasteiger partial charge on any atom is 0.272 e. The van der Waals surface area contributed by atoms with Crippen LogP contribution in [0.3, 0.4) is 0 Å². The molecule has 0 aromatic heterocycles. The summed E-state index contributed by atoms with van der Waals surface area (Å²) in [6, 6.07) is 2.90. The van der Waals surface area contributed by atoms with Crippen LogP contribution in [-0.4, -0.2) is 61.6 Å². The number of piperidine rings is 3. The summed E-state index contributed by atoms with van der Waals surface area (Å²) < 4.78 is 5.70. The lowest BCUT2D eigenvalue weighted by Gasteiger charge is -2.45. The average molecular weight is 346 g/mol. The van der Waals surface area contributed by atoms with E-state index in [1.165, 1.54) is 12.1 Å². The molecule has 5 rings (SSSR count). The fraction of sp³-hybridized carbons (Fsp3) is 0.588. The van der Waals surface area contributed by atoms with E-state index in [-0.39, 0.29) is 23.2 Å². The molecule has 0 saturated carbocycles. The molecule has 4 aliphatic heterocycles. The SMILES string of the molecule is CN1CCOc2c(C(=O)NC3CN4CCC3CC4)cc([N+](=O)[O-])cc21. The minimum atomic E-state index is -0.465. The molecule has 2 bridgehead atoms.